The van der Waals surface area contributed by atoms with Crippen molar-refractivity contribution in [2.24, 2.45) is 5.73 Å². The van der Waals surface area contributed by atoms with Crippen LogP contribution in [-0.4, -0.2) is 18.4 Å². The number of nitriles is 1. The van der Waals surface area contributed by atoms with Gasteiger partial charge >= 0.3 is 5.97 Å². The van der Waals surface area contributed by atoms with E-state index >= 15 is 0 Å². The molecular weight excluding hydrogens is 263 g/mol. The quantitative estimate of drug-likeness (QED) is 0.496. The summed E-state index contributed by atoms with van der Waals surface area (Å²) < 4.78 is 18.0. The van der Waals surface area contributed by atoms with E-state index in [1.54, 1.807) is 12.1 Å². The second kappa shape index (κ2) is 7.04. The number of carbonyl (C=O) groups is 2. The average molecular weight is 276 g/mol. The fourth-order valence-electron chi connectivity index (χ4n) is 1.44. The van der Waals surface area contributed by atoms with Crippen molar-refractivity contribution in [3.8, 4) is 6.07 Å². The Morgan fingerprint density at radius 2 is 2.05 bits per heavy atom. The molecule has 0 radical (unpaired) electrons. The molecule has 0 aromatic heterocycles. The fourth-order valence-corrected chi connectivity index (χ4v) is 1.44. The third kappa shape index (κ3) is 4.21. The summed E-state index contributed by atoms with van der Waals surface area (Å²) in [6.07, 6.45) is -0.285. The molecule has 0 bridgehead atoms. The zero-order chi connectivity index (χ0) is 15.1. The predicted molar refractivity (Wildman–Crippen MR) is 68.6 cm³/mol. The SMILES string of the molecule is CC(N)=C(C#N)C(=O)COC(=O)Cc1ccccc1F. The van der Waals surface area contributed by atoms with Gasteiger partial charge in [-0.3, -0.25) is 9.59 Å². The molecule has 0 aliphatic carbocycles. The third-order valence-electron chi connectivity index (χ3n) is 2.44. The van der Waals surface area contributed by atoms with Gasteiger partial charge in [0.05, 0.1) is 6.42 Å². The number of benzene rings is 1. The van der Waals surface area contributed by atoms with Gasteiger partial charge in [0, 0.05) is 5.70 Å². The zero-order valence-electron chi connectivity index (χ0n) is 10.9. The van der Waals surface area contributed by atoms with Crippen LogP contribution in [0.5, 0.6) is 0 Å². The lowest BCUT2D eigenvalue weighted by molar-refractivity contribution is -0.146. The molecule has 0 amide bonds. The lowest BCUT2D eigenvalue weighted by Crippen LogP contribution is -2.18. The number of rotatable bonds is 5. The maximum Gasteiger partial charge on any atom is 0.310 e. The number of nitrogens with two attached hydrogens (primary N) is 1. The zero-order valence-corrected chi connectivity index (χ0v) is 10.9. The highest BCUT2D eigenvalue weighted by molar-refractivity contribution is 6.01. The topological polar surface area (TPSA) is 93.2 Å². The first kappa shape index (κ1) is 15.4. The van der Waals surface area contributed by atoms with E-state index in [9.17, 15) is 14.0 Å². The van der Waals surface area contributed by atoms with Gasteiger partial charge in [0.1, 0.15) is 17.5 Å². The maximum absolute atomic E-state index is 13.3. The lowest BCUT2D eigenvalue weighted by atomic mass is 10.1. The van der Waals surface area contributed by atoms with Crippen LogP contribution in [0.3, 0.4) is 0 Å². The largest absolute Gasteiger partial charge is 0.457 e. The second-order valence-electron chi connectivity index (χ2n) is 4.02. The smallest absolute Gasteiger partial charge is 0.310 e. The summed E-state index contributed by atoms with van der Waals surface area (Å²) in [5.41, 5.74) is 5.33. The van der Waals surface area contributed by atoms with Crippen molar-refractivity contribution in [1.82, 2.24) is 0 Å². The number of ketones is 1. The van der Waals surface area contributed by atoms with E-state index in [0.29, 0.717) is 0 Å². The molecule has 0 saturated carbocycles. The van der Waals surface area contributed by atoms with E-state index in [2.05, 4.69) is 0 Å². The van der Waals surface area contributed by atoms with Gasteiger partial charge in [-0.05, 0) is 18.6 Å². The molecule has 1 rings (SSSR count). The van der Waals surface area contributed by atoms with E-state index in [-0.39, 0.29) is 23.3 Å². The molecule has 6 heteroatoms. The van der Waals surface area contributed by atoms with Crippen LogP contribution in [0.2, 0.25) is 0 Å². The van der Waals surface area contributed by atoms with Crippen LogP contribution in [-0.2, 0) is 20.7 Å². The number of halogens is 1. The van der Waals surface area contributed by atoms with Crippen molar-refractivity contribution in [2.45, 2.75) is 13.3 Å². The fraction of sp³-hybridized carbons (Fsp3) is 0.214. The van der Waals surface area contributed by atoms with Gasteiger partial charge < -0.3 is 10.5 Å². The van der Waals surface area contributed by atoms with Crippen LogP contribution in [0, 0.1) is 17.1 Å². The molecule has 0 heterocycles. The molecule has 0 unspecified atom stereocenters. The first-order valence-corrected chi connectivity index (χ1v) is 5.74. The van der Waals surface area contributed by atoms with Gasteiger partial charge in [0.2, 0.25) is 5.78 Å². The first-order chi connectivity index (χ1) is 9.45. The number of carbonyl (C=O) groups excluding carboxylic acids is 2. The minimum absolute atomic E-state index is 0.0580. The van der Waals surface area contributed by atoms with Gasteiger partial charge in [-0.2, -0.15) is 5.26 Å². The minimum Gasteiger partial charge on any atom is -0.457 e. The third-order valence-corrected chi connectivity index (χ3v) is 2.44. The first-order valence-electron chi connectivity index (χ1n) is 5.74. The van der Waals surface area contributed by atoms with Crippen molar-refractivity contribution in [3.63, 3.8) is 0 Å². The Kier molecular flexibility index (Phi) is 5.42. The highest BCUT2D eigenvalue weighted by atomic mass is 19.1. The molecule has 0 atom stereocenters. The average Bonchev–Trinajstić information content (AvgIpc) is 2.39. The van der Waals surface area contributed by atoms with E-state index in [1.165, 1.54) is 25.1 Å². The van der Waals surface area contributed by atoms with Crippen molar-refractivity contribution in [2.75, 3.05) is 6.61 Å². The van der Waals surface area contributed by atoms with Gasteiger partial charge in [0.15, 0.2) is 6.61 Å². The van der Waals surface area contributed by atoms with Crippen molar-refractivity contribution >= 4 is 11.8 Å². The number of Topliss-reactive ketones (excluding diaryl/α,β-unsaturated/α-hetero) is 1. The summed E-state index contributed by atoms with van der Waals surface area (Å²) in [7, 11) is 0. The molecule has 5 nitrogen and oxygen atoms in total. The molecule has 1 aromatic rings. The molecular formula is C14H13FN2O3. The number of ether oxygens (including phenoxy) is 1. The van der Waals surface area contributed by atoms with Gasteiger partial charge in [-0.25, -0.2) is 4.39 Å². The number of esters is 1. The number of nitrogens with zero attached hydrogens (tertiary/aromatic N) is 1. The van der Waals surface area contributed by atoms with Crippen LogP contribution in [0.25, 0.3) is 0 Å². The molecule has 0 aliphatic rings. The van der Waals surface area contributed by atoms with E-state index in [1.807, 2.05) is 0 Å². The number of hydrogen-bond acceptors (Lipinski definition) is 5. The Morgan fingerprint density at radius 1 is 1.40 bits per heavy atom. The van der Waals surface area contributed by atoms with E-state index in [4.69, 9.17) is 15.7 Å². The normalized spacial score (nSPS) is 11.2. The van der Waals surface area contributed by atoms with E-state index < -0.39 is 24.2 Å². The number of hydrogen-bond donors (Lipinski definition) is 1. The predicted octanol–water partition coefficient (Wildman–Crippen LogP) is 1.24. The molecule has 0 aliphatic heterocycles. The Labute approximate surface area is 115 Å². The minimum atomic E-state index is -0.754. The number of allylic oxidation sites excluding steroid dienone is 1. The van der Waals surface area contributed by atoms with Gasteiger partial charge in [-0.15, -0.1) is 0 Å². The second-order valence-corrected chi connectivity index (χ2v) is 4.02. The Bertz CT molecular complexity index is 599. The molecule has 20 heavy (non-hydrogen) atoms. The van der Waals surface area contributed by atoms with E-state index in [0.717, 1.165) is 0 Å². The summed E-state index contributed by atoms with van der Waals surface area (Å²) in [5, 5.41) is 8.70. The maximum atomic E-state index is 13.3. The summed E-state index contributed by atoms with van der Waals surface area (Å²) in [4.78, 5) is 23.0. The van der Waals surface area contributed by atoms with Crippen molar-refractivity contribution in [1.29, 1.82) is 5.26 Å². The summed E-state index contributed by atoms with van der Waals surface area (Å²) >= 11 is 0. The Balaban J connectivity index is 2.58. The summed E-state index contributed by atoms with van der Waals surface area (Å²) in [5.74, 6) is -1.96. The molecule has 1 aromatic carbocycles. The Hall–Kier alpha value is -2.68. The molecule has 0 saturated heterocycles. The molecule has 104 valence electrons. The van der Waals surface area contributed by atoms with Gasteiger partial charge in [-0.1, -0.05) is 18.2 Å². The highest BCUT2D eigenvalue weighted by Gasteiger charge is 2.15. The molecule has 2 N–H and O–H groups in total. The lowest BCUT2D eigenvalue weighted by Gasteiger charge is -2.05. The summed E-state index contributed by atoms with van der Waals surface area (Å²) in [6.45, 7) is 0.808. The van der Waals surface area contributed by atoms with Gasteiger partial charge in [0.25, 0.3) is 0 Å². The standard InChI is InChI=1S/C14H13FN2O3/c1-9(17)11(7-16)13(18)8-20-14(19)6-10-4-2-3-5-12(10)15/h2-5H,6,8,17H2,1H3. The van der Waals surface area contributed by atoms with Crippen LogP contribution < -0.4 is 5.73 Å². The monoisotopic (exact) mass is 276 g/mol. The van der Waals surface area contributed by atoms with Crippen LogP contribution >= 0.6 is 0 Å². The highest BCUT2D eigenvalue weighted by Crippen LogP contribution is 2.08. The molecule has 0 spiro atoms. The molecule has 0 fully saturated rings. The van der Waals surface area contributed by atoms with Crippen LogP contribution in [0.1, 0.15) is 12.5 Å². The van der Waals surface area contributed by atoms with Crippen molar-refractivity contribution < 1.29 is 18.7 Å². The Morgan fingerprint density at radius 3 is 2.60 bits per heavy atom. The summed E-state index contributed by atoms with van der Waals surface area (Å²) in [6, 6.07) is 7.40. The van der Waals surface area contributed by atoms with Crippen molar-refractivity contribution in [3.05, 3.63) is 46.9 Å². The van der Waals surface area contributed by atoms with Crippen LogP contribution in [0.15, 0.2) is 35.5 Å². The van der Waals surface area contributed by atoms with Crippen LogP contribution in [0.4, 0.5) is 4.39 Å².